The van der Waals surface area contributed by atoms with Gasteiger partial charge in [0.2, 0.25) is 5.91 Å². The van der Waals surface area contributed by atoms with Crippen LogP contribution in [0.15, 0.2) is 22.8 Å². The van der Waals surface area contributed by atoms with Crippen molar-refractivity contribution in [2.45, 2.75) is 30.4 Å². The van der Waals surface area contributed by atoms with E-state index < -0.39 is 0 Å². The molecular formula is C13H17NO2S. The van der Waals surface area contributed by atoms with Gasteiger partial charge in [0.25, 0.3) is 0 Å². The standard InChI is InChI=1S/C13H17NO2S/c15-13(14-8-9-3-2-6-17-9)11-7-10(11)12-4-1-5-16-12/h1,4-5,9-11H,2-3,6-8H2,(H,14,15). The Hall–Kier alpha value is -0.900. The van der Waals surface area contributed by atoms with Crippen LogP contribution in [-0.4, -0.2) is 23.5 Å². The summed E-state index contributed by atoms with van der Waals surface area (Å²) in [5, 5.41) is 3.72. The van der Waals surface area contributed by atoms with Crippen molar-refractivity contribution in [3.05, 3.63) is 24.2 Å². The topological polar surface area (TPSA) is 42.2 Å². The van der Waals surface area contributed by atoms with Gasteiger partial charge in [0, 0.05) is 23.6 Å². The largest absolute Gasteiger partial charge is 0.469 e. The first kappa shape index (κ1) is 11.2. The van der Waals surface area contributed by atoms with Crippen LogP contribution in [0, 0.1) is 5.92 Å². The average molecular weight is 251 g/mol. The molecule has 1 aliphatic carbocycles. The van der Waals surface area contributed by atoms with Crippen molar-refractivity contribution < 1.29 is 9.21 Å². The predicted octanol–water partition coefficient (Wildman–Crippen LogP) is 2.39. The van der Waals surface area contributed by atoms with Gasteiger partial charge in [-0.15, -0.1) is 0 Å². The molecule has 92 valence electrons. The molecule has 3 atom stereocenters. The zero-order valence-electron chi connectivity index (χ0n) is 9.72. The van der Waals surface area contributed by atoms with E-state index in [1.165, 1.54) is 18.6 Å². The number of hydrogen-bond donors (Lipinski definition) is 1. The second kappa shape index (κ2) is 4.77. The van der Waals surface area contributed by atoms with Crippen molar-refractivity contribution >= 4 is 17.7 Å². The molecule has 0 spiro atoms. The van der Waals surface area contributed by atoms with Crippen LogP contribution in [0.4, 0.5) is 0 Å². The maximum Gasteiger partial charge on any atom is 0.223 e. The van der Waals surface area contributed by atoms with Crippen molar-refractivity contribution in [1.29, 1.82) is 0 Å². The summed E-state index contributed by atoms with van der Waals surface area (Å²) in [6, 6.07) is 3.85. The van der Waals surface area contributed by atoms with E-state index in [1.54, 1.807) is 6.26 Å². The highest BCUT2D eigenvalue weighted by atomic mass is 32.2. The summed E-state index contributed by atoms with van der Waals surface area (Å²) in [5.74, 6) is 2.88. The highest BCUT2D eigenvalue weighted by Crippen LogP contribution is 2.47. The molecule has 1 aromatic heterocycles. The SMILES string of the molecule is O=C(NCC1CCCS1)C1CC1c1ccco1. The van der Waals surface area contributed by atoms with E-state index in [9.17, 15) is 4.79 Å². The minimum atomic E-state index is 0.146. The zero-order valence-corrected chi connectivity index (χ0v) is 10.5. The summed E-state index contributed by atoms with van der Waals surface area (Å²) >= 11 is 1.98. The van der Waals surface area contributed by atoms with Crippen LogP contribution < -0.4 is 5.32 Å². The van der Waals surface area contributed by atoms with Crippen LogP contribution in [0.5, 0.6) is 0 Å². The van der Waals surface area contributed by atoms with Crippen LogP contribution in [0.1, 0.15) is 30.9 Å². The van der Waals surface area contributed by atoms with Crippen LogP contribution in [0.25, 0.3) is 0 Å². The van der Waals surface area contributed by atoms with Gasteiger partial charge in [-0.1, -0.05) is 0 Å². The third-order valence-corrected chi connectivity index (χ3v) is 4.96. The summed E-state index contributed by atoms with van der Waals surface area (Å²) in [4.78, 5) is 11.9. The Morgan fingerprint density at radius 3 is 3.24 bits per heavy atom. The van der Waals surface area contributed by atoms with Crippen LogP contribution in [0.2, 0.25) is 0 Å². The lowest BCUT2D eigenvalue weighted by atomic mass is 10.2. The van der Waals surface area contributed by atoms with Crippen LogP contribution >= 0.6 is 11.8 Å². The molecule has 3 unspecified atom stereocenters. The normalized spacial score (nSPS) is 31.4. The lowest BCUT2D eigenvalue weighted by molar-refractivity contribution is -0.122. The molecule has 1 saturated carbocycles. The summed E-state index contributed by atoms with van der Waals surface area (Å²) < 4.78 is 5.33. The van der Waals surface area contributed by atoms with E-state index in [0.717, 1.165) is 18.7 Å². The Labute approximate surface area is 105 Å². The molecule has 1 saturated heterocycles. The van der Waals surface area contributed by atoms with Crippen LogP contribution in [0.3, 0.4) is 0 Å². The van der Waals surface area contributed by atoms with Gasteiger partial charge in [-0.25, -0.2) is 0 Å². The van der Waals surface area contributed by atoms with E-state index in [4.69, 9.17) is 4.42 Å². The minimum Gasteiger partial charge on any atom is -0.469 e. The first-order valence-corrected chi connectivity index (χ1v) is 7.32. The Bertz CT molecular complexity index is 384. The maximum absolute atomic E-state index is 11.9. The fourth-order valence-electron chi connectivity index (χ4n) is 2.45. The molecule has 0 radical (unpaired) electrons. The van der Waals surface area contributed by atoms with E-state index in [2.05, 4.69) is 5.32 Å². The van der Waals surface area contributed by atoms with Crippen molar-refractivity contribution in [1.82, 2.24) is 5.32 Å². The lowest BCUT2D eigenvalue weighted by Gasteiger charge is -2.09. The lowest BCUT2D eigenvalue weighted by Crippen LogP contribution is -2.31. The number of thioether (sulfide) groups is 1. The maximum atomic E-state index is 11.9. The van der Waals surface area contributed by atoms with Gasteiger partial charge in [-0.05, 0) is 37.1 Å². The van der Waals surface area contributed by atoms with Gasteiger partial charge in [0.05, 0.1) is 6.26 Å². The predicted molar refractivity (Wildman–Crippen MR) is 68.0 cm³/mol. The Morgan fingerprint density at radius 2 is 2.53 bits per heavy atom. The van der Waals surface area contributed by atoms with E-state index in [1.807, 2.05) is 23.9 Å². The monoisotopic (exact) mass is 251 g/mol. The number of amides is 1. The number of carbonyl (C=O) groups is 1. The summed E-state index contributed by atoms with van der Waals surface area (Å²) in [6.07, 6.45) is 5.16. The summed E-state index contributed by atoms with van der Waals surface area (Å²) in [7, 11) is 0. The third-order valence-electron chi connectivity index (χ3n) is 3.56. The molecule has 1 amide bonds. The fourth-order valence-corrected chi connectivity index (χ4v) is 3.65. The molecule has 2 heterocycles. The van der Waals surface area contributed by atoms with Crippen molar-refractivity contribution in [2.75, 3.05) is 12.3 Å². The molecule has 3 rings (SSSR count). The fraction of sp³-hybridized carbons (Fsp3) is 0.615. The van der Waals surface area contributed by atoms with Crippen LogP contribution in [-0.2, 0) is 4.79 Å². The van der Waals surface area contributed by atoms with Gasteiger partial charge in [0.1, 0.15) is 5.76 Å². The molecule has 0 aromatic carbocycles. The molecule has 0 bridgehead atoms. The first-order chi connectivity index (χ1) is 8.34. The Kier molecular flexibility index (Phi) is 3.14. The summed E-state index contributed by atoms with van der Waals surface area (Å²) in [5.41, 5.74) is 0. The zero-order chi connectivity index (χ0) is 11.7. The second-order valence-corrected chi connectivity index (χ2v) is 6.25. The van der Waals surface area contributed by atoms with E-state index in [0.29, 0.717) is 11.2 Å². The molecular weight excluding hydrogens is 234 g/mol. The third kappa shape index (κ3) is 2.51. The molecule has 4 heteroatoms. The molecule has 1 N–H and O–H groups in total. The number of rotatable bonds is 4. The van der Waals surface area contributed by atoms with E-state index in [-0.39, 0.29) is 11.8 Å². The van der Waals surface area contributed by atoms with Gasteiger partial charge in [0.15, 0.2) is 0 Å². The quantitative estimate of drug-likeness (QED) is 0.893. The number of furan rings is 1. The highest BCUT2D eigenvalue weighted by molar-refractivity contribution is 8.00. The van der Waals surface area contributed by atoms with Gasteiger partial charge in [-0.2, -0.15) is 11.8 Å². The minimum absolute atomic E-state index is 0.146. The molecule has 3 nitrogen and oxygen atoms in total. The number of hydrogen-bond acceptors (Lipinski definition) is 3. The van der Waals surface area contributed by atoms with E-state index >= 15 is 0 Å². The first-order valence-electron chi connectivity index (χ1n) is 6.27. The molecule has 1 aromatic rings. The Balaban J connectivity index is 1.45. The van der Waals surface area contributed by atoms with Gasteiger partial charge < -0.3 is 9.73 Å². The molecule has 17 heavy (non-hydrogen) atoms. The number of nitrogens with one attached hydrogen (secondary N) is 1. The molecule has 2 aliphatic rings. The van der Waals surface area contributed by atoms with Gasteiger partial charge >= 0.3 is 0 Å². The molecule has 2 fully saturated rings. The van der Waals surface area contributed by atoms with Crippen molar-refractivity contribution in [3.63, 3.8) is 0 Å². The second-order valence-electron chi connectivity index (χ2n) is 4.84. The van der Waals surface area contributed by atoms with Crippen molar-refractivity contribution in [3.8, 4) is 0 Å². The smallest absolute Gasteiger partial charge is 0.223 e. The number of carbonyl (C=O) groups excluding carboxylic acids is 1. The summed E-state index contributed by atoms with van der Waals surface area (Å²) in [6.45, 7) is 0.838. The molecule has 1 aliphatic heterocycles. The average Bonchev–Trinajstić information content (AvgIpc) is 2.82. The van der Waals surface area contributed by atoms with Gasteiger partial charge in [-0.3, -0.25) is 4.79 Å². The highest BCUT2D eigenvalue weighted by Gasteiger charge is 2.45. The Morgan fingerprint density at radius 1 is 1.59 bits per heavy atom. The van der Waals surface area contributed by atoms with Crippen molar-refractivity contribution in [2.24, 2.45) is 5.92 Å².